The third-order valence-electron chi connectivity index (χ3n) is 3.03. The van der Waals surface area contributed by atoms with Crippen molar-refractivity contribution in [2.75, 3.05) is 20.1 Å². The summed E-state index contributed by atoms with van der Waals surface area (Å²) in [5.74, 6) is 0. The normalized spacial score (nSPS) is 10.9. The van der Waals surface area contributed by atoms with Crippen molar-refractivity contribution >= 4 is 21.4 Å². The van der Waals surface area contributed by atoms with Crippen molar-refractivity contribution in [3.63, 3.8) is 0 Å². The van der Waals surface area contributed by atoms with Crippen LogP contribution in [0.15, 0.2) is 0 Å². The Balaban J connectivity index is 3.40. The van der Waals surface area contributed by atoms with E-state index in [1.807, 2.05) is 0 Å². The maximum atomic E-state index is 2.49. The van der Waals surface area contributed by atoms with E-state index in [1.165, 1.54) is 32.4 Å². The summed E-state index contributed by atoms with van der Waals surface area (Å²) in [7, 11) is 2.26. The molecular weight excluding hydrogens is 273 g/mol. The summed E-state index contributed by atoms with van der Waals surface area (Å²) < 4.78 is 4.85. The fourth-order valence-corrected chi connectivity index (χ4v) is 9.76. The Morgan fingerprint density at radius 2 is 1.64 bits per heavy atom. The molecule has 1 nitrogen and oxygen atoms in total. The SMILES string of the molecule is CCCN(C)CC[CH2][In]([CH2]C)[CH2]CC. The monoisotopic (exact) mass is 301 g/mol. The van der Waals surface area contributed by atoms with E-state index < -0.39 is 21.4 Å². The summed E-state index contributed by atoms with van der Waals surface area (Å²) >= 11 is -0.984. The van der Waals surface area contributed by atoms with Gasteiger partial charge in [-0.05, 0) is 0 Å². The van der Waals surface area contributed by atoms with E-state index in [-0.39, 0.29) is 0 Å². The van der Waals surface area contributed by atoms with E-state index in [0.29, 0.717) is 0 Å². The molecule has 0 saturated carbocycles. The second kappa shape index (κ2) is 10.4. The van der Waals surface area contributed by atoms with Crippen LogP contribution >= 0.6 is 0 Å². The molecular formula is C12H28InN. The van der Waals surface area contributed by atoms with Crippen molar-refractivity contribution < 1.29 is 0 Å². The summed E-state index contributed by atoms with van der Waals surface area (Å²) in [6.45, 7) is 9.65. The molecule has 0 spiro atoms. The number of hydrogen-bond donors (Lipinski definition) is 0. The zero-order chi connectivity index (χ0) is 10.8. The Hall–Kier alpha value is 0.830. The van der Waals surface area contributed by atoms with Crippen LogP contribution in [0, 0.1) is 0 Å². The van der Waals surface area contributed by atoms with Gasteiger partial charge in [0.2, 0.25) is 0 Å². The van der Waals surface area contributed by atoms with Crippen molar-refractivity contribution in [2.45, 2.75) is 52.6 Å². The van der Waals surface area contributed by atoms with Crippen molar-refractivity contribution in [2.24, 2.45) is 0 Å². The summed E-state index contributed by atoms with van der Waals surface area (Å²) in [6.07, 6.45) is 4.22. The topological polar surface area (TPSA) is 3.24 Å². The van der Waals surface area contributed by atoms with Crippen molar-refractivity contribution in [3.05, 3.63) is 0 Å². The van der Waals surface area contributed by atoms with Crippen molar-refractivity contribution in [3.8, 4) is 0 Å². The number of rotatable bonds is 9. The molecule has 0 atom stereocenters. The van der Waals surface area contributed by atoms with Crippen molar-refractivity contribution in [1.29, 1.82) is 0 Å². The van der Waals surface area contributed by atoms with Gasteiger partial charge in [0, 0.05) is 0 Å². The number of nitrogens with zero attached hydrogens (tertiary/aromatic N) is 1. The predicted octanol–water partition coefficient (Wildman–Crippen LogP) is 3.64. The zero-order valence-electron chi connectivity index (χ0n) is 10.7. The van der Waals surface area contributed by atoms with Gasteiger partial charge in [0.05, 0.1) is 0 Å². The van der Waals surface area contributed by atoms with Crippen LogP contribution < -0.4 is 0 Å². The molecule has 0 aromatic rings. The Bertz CT molecular complexity index is 117. The molecule has 0 N–H and O–H groups in total. The predicted molar refractivity (Wildman–Crippen MR) is 68.5 cm³/mol. The molecule has 0 heterocycles. The van der Waals surface area contributed by atoms with Gasteiger partial charge in [-0.1, -0.05) is 0 Å². The molecule has 0 aliphatic rings. The molecule has 0 amide bonds. The molecule has 0 bridgehead atoms. The fourth-order valence-electron chi connectivity index (χ4n) is 2.10. The summed E-state index contributed by atoms with van der Waals surface area (Å²) in [5.41, 5.74) is 0. The average Bonchev–Trinajstić information content (AvgIpc) is 2.17. The van der Waals surface area contributed by atoms with Crippen LogP contribution in [0.2, 0.25) is 12.5 Å². The molecule has 84 valence electrons. The molecule has 14 heavy (non-hydrogen) atoms. The van der Waals surface area contributed by atoms with Gasteiger partial charge in [0.1, 0.15) is 0 Å². The Kier molecular flexibility index (Phi) is 11.0. The van der Waals surface area contributed by atoms with Gasteiger partial charge >= 0.3 is 99.0 Å². The van der Waals surface area contributed by atoms with Gasteiger partial charge in [0.15, 0.2) is 0 Å². The van der Waals surface area contributed by atoms with Crippen LogP contribution in [-0.4, -0.2) is 46.5 Å². The zero-order valence-corrected chi connectivity index (χ0v) is 14.0. The molecule has 0 aliphatic heterocycles. The van der Waals surface area contributed by atoms with E-state index >= 15 is 0 Å². The van der Waals surface area contributed by atoms with E-state index in [4.69, 9.17) is 0 Å². The van der Waals surface area contributed by atoms with E-state index in [1.54, 1.807) is 12.5 Å². The van der Waals surface area contributed by atoms with Crippen LogP contribution in [0.25, 0.3) is 0 Å². The van der Waals surface area contributed by atoms with Crippen LogP contribution in [0.1, 0.15) is 40.0 Å². The van der Waals surface area contributed by atoms with Crippen LogP contribution in [0.5, 0.6) is 0 Å². The first-order chi connectivity index (χ1) is 6.74. The molecule has 0 radical (unpaired) electrons. The van der Waals surface area contributed by atoms with Gasteiger partial charge in [-0.2, -0.15) is 0 Å². The molecule has 2 heteroatoms. The fraction of sp³-hybridized carbons (Fsp3) is 1.00. The Morgan fingerprint density at radius 1 is 0.929 bits per heavy atom. The van der Waals surface area contributed by atoms with Gasteiger partial charge in [-0.15, -0.1) is 0 Å². The molecule has 0 fully saturated rings. The van der Waals surface area contributed by atoms with Gasteiger partial charge < -0.3 is 0 Å². The van der Waals surface area contributed by atoms with Crippen LogP contribution in [0.3, 0.4) is 0 Å². The third-order valence-corrected chi connectivity index (χ3v) is 13.8. The minimum atomic E-state index is -0.984. The standard InChI is InChI=1S/C7H16N.C3H7.C2H5.In/c1-4-6-8(3)7-5-2;1-3-2;1-2;/h1,4-7H2,2-3H3;1,3H2,2H3;1H2,2H3;. The number of hydrogen-bond acceptors (Lipinski definition) is 1. The maximum absolute atomic E-state index is 2.49. The Labute approximate surface area is 98.8 Å². The average molecular weight is 301 g/mol. The van der Waals surface area contributed by atoms with Gasteiger partial charge in [-0.25, -0.2) is 0 Å². The summed E-state index contributed by atoms with van der Waals surface area (Å²) in [4.78, 5) is 2.49. The second-order valence-electron chi connectivity index (χ2n) is 4.51. The van der Waals surface area contributed by atoms with Gasteiger partial charge in [-0.3, -0.25) is 0 Å². The third kappa shape index (κ3) is 8.16. The quantitative estimate of drug-likeness (QED) is 0.628. The summed E-state index contributed by atoms with van der Waals surface area (Å²) in [6, 6.07) is 0. The summed E-state index contributed by atoms with van der Waals surface area (Å²) in [5, 5.41) is 0. The first-order valence-electron chi connectivity index (χ1n) is 6.43. The molecule has 0 aromatic heterocycles. The van der Waals surface area contributed by atoms with Gasteiger partial charge in [0.25, 0.3) is 0 Å². The molecule has 0 aliphatic carbocycles. The first-order valence-corrected chi connectivity index (χ1v) is 13.4. The molecule has 0 unspecified atom stereocenters. The second-order valence-corrected chi connectivity index (χ2v) is 15.1. The molecule has 0 saturated heterocycles. The van der Waals surface area contributed by atoms with Crippen molar-refractivity contribution in [1.82, 2.24) is 4.90 Å². The van der Waals surface area contributed by atoms with E-state index in [0.717, 1.165) is 0 Å². The Morgan fingerprint density at radius 3 is 2.14 bits per heavy atom. The van der Waals surface area contributed by atoms with Crippen LogP contribution in [-0.2, 0) is 0 Å². The molecule has 0 aromatic carbocycles. The van der Waals surface area contributed by atoms with Crippen LogP contribution in [0.4, 0.5) is 0 Å². The van der Waals surface area contributed by atoms with E-state index in [9.17, 15) is 0 Å². The molecule has 0 rings (SSSR count). The minimum absolute atomic E-state index is 0.984. The van der Waals surface area contributed by atoms with E-state index in [2.05, 4.69) is 32.7 Å². The first kappa shape index (κ1) is 14.8.